The Morgan fingerprint density at radius 3 is 2.70 bits per heavy atom. The first-order chi connectivity index (χ1) is 14.6. The predicted octanol–water partition coefficient (Wildman–Crippen LogP) is 2.74. The van der Waals surface area contributed by atoms with E-state index in [4.69, 9.17) is 10.5 Å². The number of rotatable bonds is 6. The van der Waals surface area contributed by atoms with E-state index in [0.717, 1.165) is 24.5 Å². The highest BCUT2D eigenvalue weighted by Gasteiger charge is 2.19. The van der Waals surface area contributed by atoms with E-state index in [9.17, 15) is 10.4 Å². The number of hydrogen-bond acceptors (Lipinski definition) is 7. The smallest absolute Gasteiger partial charge is 0.219 e. The van der Waals surface area contributed by atoms with Gasteiger partial charge in [0, 0.05) is 50.1 Å². The molecule has 0 aliphatic carbocycles. The Balaban J connectivity index is 1.67. The van der Waals surface area contributed by atoms with Gasteiger partial charge in [-0.2, -0.15) is 10.4 Å². The second kappa shape index (κ2) is 8.53. The van der Waals surface area contributed by atoms with Crippen molar-refractivity contribution >= 4 is 5.82 Å². The molecule has 3 N–H and O–H groups in total. The molecule has 0 unspecified atom stereocenters. The first-order valence-corrected chi connectivity index (χ1v) is 9.94. The molecule has 4 rings (SSSR count). The molecule has 1 aromatic carbocycles. The summed E-state index contributed by atoms with van der Waals surface area (Å²) in [6.45, 7) is 2.12. The maximum absolute atomic E-state index is 9.89. The zero-order chi connectivity index (χ0) is 21.1. The average Bonchev–Trinajstić information content (AvgIpc) is 3.43. The van der Waals surface area contributed by atoms with E-state index in [2.05, 4.69) is 21.1 Å². The van der Waals surface area contributed by atoms with Gasteiger partial charge in [-0.1, -0.05) is 6.07 Å². The van der Waals surface area contributed by atoms with Crippen LogP contribution in [0, 0.1) is 11.3 Å². The first-order valence-electron chi connectivity index (χ1n) is 9.94. The molecule has 1 fully saturated rings. The lowest BCUT2D eigenvalue weighted by molar-refractivity contribution is 0.186. The van der Waals surface area contributed by atoms with Gasteiger partial charge in [0.1, 0.15) is 5.75 Å². The fourth-order valence-electron chi connectivity index (χ4n) is 3.53. The van der Waals surface area contributed by atoms with E-state index in [0.29, 0.717) is 28.5 Å². The van der Waals surface area contributed by atoms with Crippen LogP contribution in [0.1, 0.15) is 30.1 Å². The molecular formula is C22H24N6O2. The lowest BCUT2D eigenvalue weighted by atomic mass is 10.1. The maximum atomic E-state index is 9.89. The summed E-state index contributed by atoms with van der Waals surface area (Å²) in [4.78, 5) is 6.70. The van der Waals surface area contributed by atoms with Crippen molar-refractivity contribution in [3.8, 4) is 29.0 Å². The minimum Gasteiger partial charge on any atom is -0.438 e. The summed E-state index contributed by atoms with van der Waals surface area (Å²) in [5.74, 6) is 1.99. The van der Waals surface area contributed by atoms with E-state index >= 15 is 0 Å². The molecule has 3 aromatic rings. The number of aliphatic hydroxyl groups excluding tert-OH is 1. The third-order valence-corrected chi connectivity index (χ3v) is 5.25. The van der Waals surface area contributed by atoms with Gasteiger partial charge in [-0.25, -0.2) is 4.68 Å². The second-order valence-corrected chi connectivity index (χ2v) is 7.31. The minimum absolute atomic E-state index is 0.131. The van der Waals surface area contributed by atoms with Crippen molar-refractivity contribution in [2.24, 2.45) is 12.8 Å². The molecule has 8 heteroatoms. The molecule has 30 heavy (non-hydrogen) atoms. The molecule has 2 aromatic heterocycles. The van der Waals surface area contributed by atoms with Gasteiger partial charge in [0.15, 0.2) is 5.82 Å². The first kappa shape index (κ1) is 19.9. The van der Waals surface area contributed by atoms with Crippen LogP contribution in [0.3, 0.4) is 0 Å². The lowest BCUT2D eigenvalue weighted by Gasteiger charge is -2.13. The molecule has 0 spiro atoms. The van der Waals surface area contributed by atoms with Crippen LogP contribution in [-0.4, -0.2) is 39.5 Å². The van der Waals surface area contributed by atoms with Crippen molar-refractivity contribution in [2.75, 3.05) is 24.5 Å². The normalized spacial score (nSPS) is 14.5. The molecule has 0 saturated carbocycles. The van der Waals surface area contributed by atoms with Crippen LogP contribution in [0.15, 0.2) is 42.6 Å². The number of aryl methyl sites for hydroxylation is 1. The monoisotopic (exact) mass is 404 g/mol. The van der Waals surface area contributed by atoms with Crippen LogP contribution >= 0.6 is 0 Å². The van der Waals surface area contributed by atoms with Crippen LogP contribution in [0.2, 0.25) is 0 Å². The second-order valence-electron chi connectivity index (χ2n) is 7.31. The molecule has 0 radical (unpaired) electrons. The van der Waals surface area contributed by atoms with Crippen LogP contribution in [0.4, 0.5) is 5.82 Å². The average molecular weight is 404 g/mol. The number of ether oxygens (including phenoxy) is 1. The van der Waals surface area contributed by atoms with Gasteiger partial charge < -0.3 is 20.5 Å². The molecule has 0 bridgehead atoms. The zero-order valence-corrected chi connectivity index (χ0v) is 16.8. The summed E-state index contributed by atoms with van der Waals surface area (Å²) >= 11 is 0. The SMILES string of the molecule is Cn1nc(N2CCCC2)cc1Oc1cc(C#N)ccc1-c1ccc([C@H](O)CN)cn1. The van der Waals surface area contributed by atoms with E-state index in [1.807, 2.05) is 19.2 Å². The van der Waals surface area contributed by atoms with E-state index in [-0.39, 0.29) is 6.54 Å². The van der Waals surface area contributed by atoms with E-state index in [1.54, 1.807) is 35.1 Å². The Morgan fingerprint density at radius 2 is 2.03 bits per heavy atom. The van der Waals surface area contributed by atoms with Gasteiger partial charge >= 0.3 is 0 Å². The third kappa shape index (κ3) is 3.99. The number of aliphatic hydroxyl groups is 1. The van der Waals surface area contributed by atoms with Crippen molar-refractivity contribution in [3.63, 3.8) is 0 Å². The minimum atomic E-state index is -0.748. The molecule has 8 nitrogen and oxygen atoms in total. The number of aromatic nitrogens is 3. The molecule has 1 aliphatic rings. The number of nitrogens with zero attached hydrogens (tertiary/aromatic N) is 5. The van der Waals surface area contributed by atoms with Gasteiger partial charge in [-0.15, -0.1) is 0 Å². The van der Waals surface area contributed by atoms with Gasteiger partial charge in [-0.05, 0) is 37.1 Å². The van der Waals surface area contributed by atoms with E-state index < -0.39 is 6.10 Å². The fraction of sp³-hybridized carbons (Fsp3) is 0.318. The highest BCUT2D eigenvalue weighted by atomic mass is 16.5. The highest BCUT2D eigenvalue weighted by molar-refractivity contribution is 5.69. The largest absolute Gasteiger partial charge is 0.438 e. The van der Waals surface area contributed by atoms with Crippen LogP contribution in [-0.2, 0) is 7.05 Å². The molecular weight excluding hydrogens is 380 g/mol. The molecule has 1 saturated heterocycles. The number of pyridine rings is 1. The van der Waals surface area contributed by atoms with Crippen molar-refractivity contribution in [3.05, 3.63) is 53.7 Å². The zero-order valence-electron chi connectivity index (χ0n) is 16.8. The number of nitriles is 1. The number of nitrogens with two attached hydrogens (primary N) is 1. The van der Waals surface area contributed by atoms with Gasteiger partial charge in [-0.3, -0.25) is 4.98 Å². The van der Waals surface area contributed by atoms with Gasteiger partial charge in [0.25, 0.3) is 0 Å². The molecule has 1 aliphatic heterocycles. The van der Waals surface area contributed by atoms with Crippen molar-refractivity contribution in [1.29, 1.82) is 5.26 Å². The van der Waals surface area contributed by atoms with Crippen molar-refractivity contribution < 1.29 is 9.84 Å². The summed E-state index contributed by atoms with van der Waals surface area (Å²) in [6, 6.07) is 12.9. The van der Waals surface area contributed by atoms with Gasteiger partial charge in [0.05, 0.1) is 23.4 Å². The topological polar surface area (TPSA) is 113 Å². The highest BCUT2D eigenvalue weighted by Crippen LogP contribution is 2.35. The Labute approximate surface area is 175 Å². The number of anilines is 1. The Morgan fingerprint density at radius 1 is 1.23 bits per heavy atom. The van der Waals surface area contributed by atoms with Gasteiger partial charge in [0.2, 0.25) is 5.88 Å². The lowest BCUT2D eigenvalue weighted by Crippen LogP contribution is -2.18. The maximum Gasteiger partial charge on any atom is 0.219 e. The number of hydrogen-bond donors (Lipinski definition) is 2. The summed E-state index contributed by atoms with van der Waals surface area (Å²) < 4.78 is 7.89. The molecule has 1 atom stereocenters. The fourth-order valence-corrected chi connectivity index (χ4v) is 3.53. The van der Waals surface area contributed by atoms with Crippen LogP contribution < -0.4 is 15.4 Å². The van der Waals surface area contributed by atoms with Crippen molar-refractivity contribution in [1.82, 2.24) is 14.8 Å². The molecule has 0 amide bonds. The summed E-state index contributed by atoms with van der Waals surface area (Å²) in [6.07, 6.45) is 3.19. The standard InChI is InChI=1S/C22H24N6O2/c1-27-22(11-21(26-27)28-8-2-3-9-28)30-20-10-15(12-23)4-6-17(20)18-7-5-16(14-25-18)19(29)13-24/h4-7,10-11,14,19,29H,2-3,8-9,13,24H2,1H3/t19-/m1/s1. The Kier molecular flexibility index (Phi) is 5.65. The van der Waals surface area contributed by atoms with E-state index in [1.165, 1.54) is 12.8 Å². The summed E-state index contributed by atoms with van der Waals surface area (Å²) in [5.41, 5.74) is 8.07. The third-order valence-electron chi connectivity index (χ3n) is 5.25. The molecule has 3 heterocycles. The van der Waals surface area contributed by atoms with Crippen molar-refractivity contribution in [2.45, 2.75) is 18.9 Å². The summed E-state index contributed by atoms with van der Waals surface area (Å²) in [7, 11) is 1.84. The Hall–Kier alpha value is -3.41. The summed E-state index contributed by atoms with van der Waals surface area (Å²) in [5, 5.41) is 23.8. The molecule has 154 valence electrons. The quantitative estimate of drug-likeness (QED) is 0.649. The number of benzene rings is 1. The predicted molar refractivity (Wildman–Crippen MR) is 113 cm³/mol. The van der Waals surface area contributed by atoms with Crippen LogP contribution in [0.5, 0.6) is 11.6 Å². The Bertz CT molecular complexity index is 1060. The van der Waals surface area contributed by atoms with Crippen LogP contribution in [0.25, 0.3) is 11.3 Å².